The Labute approximate surface area is 234 Å². The van der Waals surface area contributed by atoms with E-state index in [-0.39, 0.29) is 53.2 Å². The molecule has 2 fully saturated rings. The van der Waals surface area contributed by atoms with Crippen molar-refractivity contribution in [1.29, 1.82) is 0 Å². The van der Waals surface area contributed by atoms with Crippen molar-refractivity contribution >= 4 is 5.97 Å². The number of halogens is 3. The highest BCUT2D eigenvalue weighted by Gasteiger charge is 2.37. The van der Waals surface area contributed by atoms with Gasteiger partial charge in [-0.05, 0) is 83.7 Å². The molecule has 7 heteroatoms. The number of ether oxygens (including phenoxy) is 2. The van der Waals surface area contributed by atoms with E-state index in [9.17, 15) is 13.6 Å². The maximum atomic E-state index is 15.4. The van der Waals surface area contributed by atoms with Crippen molar-refractivity contribution < 1.29 is 32.5 Å². The molecule has 0 amide bonds. The first-order valence-corrected chi connectivity index (χ1v) is 13.9. The van der Waals surface area contributed by atoms with Crippen LogP contribution in [0.25, 0.3) is 11.1 Å². The van der Waals surface area contributed by atoms with E-state index in [0.29, 0.717) is 11.3 Å². The minimum absolute atomic E-state index is 0.0223. The third-order valence-electron chi connectivity index (χ3n) is 7.70. The lowest BCUT2D eigenvalue weighted by molar-refractivity contribution is -0.136. The van der Waals surface area contributed by atoms with Crippen LogP contribution in [0.2, 0.25) is 0 Å². The number of aryl methyl sites for hydroxylation is 1. The lowest BCUT2D eigenvalue weighted by Crippen LogP contribution is -2.17. The average Bonchev–Trinajstić information content (AvgIpc) is 3.76. The predicted molar refractivity (Wildman–Crippen MR) is 149 cm³/mol. The molecular formula is C33H37F3O4. The van der Waals surface area contributed by atoms with Crippen LogP contribution in [-0.2, 0) is 17.8 Å². The summed E-state index contributed by atoms with van der Waals surface area (Å²) in [6.45, 7) is 4.09. The lowest BCUT2D eigenvalue weighted by Gasteiger charge is -2.30. The van der Waals surface area contributed by atoms with Crippen LogP contribution >= 0.6 is 0 Å². The molecule has 0 aliphatic heterocycles. The average molecular weight is 555 g/mol. The Morgan fingerprint density at radius 2 is 1.70 bits per heavy atom. The zero-order valence-corrected chi connectivity index (χ0v) is 23.4. The maximum absolute atomic E-state index is 15.4. The van der Waals surface area contributed by atoms with Gasteiger partial charge in [0.2, 0.25) is 0 Å². The molecule has 4 nitrogen and oxygen atoms in total. The van der Waals surface area contributed by atoms with E-state index in [1.54, 1.807) is 18.2 Å². The molecule has 40 heavy (non-hydrogen) atoms. The van der Waals surface area contributed by atoms with Crippen molar-refractivity contribution in [2.45, 2.75) is 77.7 Å². The summed E-state index contributed by atoms with van der Waals surface area (Å²) in [4.78, 5) is 10.9. The predicted octanol–water partition coefficient (Wildman–Crippen LogP) is 8.84. The molecule has 2 saturated carbocycles. The highest BCUT2D eigenvalue weighted by atomic mass is 19.1. The van der Waals surface area contributed by atoms with Gasteiger partial charge in [-0.25, -0.2) is 13.2 Å². The number of hydrogen-bond acceptors (Lipinski definition) is 3. The number of aliphatic carboxylic acids is 1. The van der Waals surface area contributed by atoms with E-state index < -0.39 is 23.4 Å². The number of benzene rings is 3. The Kier molecular flexibility index (Phi) is 9.44. The lowest BCUT2D eigenvalue weighted by atomic mass is 9.75. The van der Waals surface area contributed by atoms with Crippen molar-refractivity contribution in [3.8, 4) is 22.6 Å². The van der Waals surface area contributed by atoms with Crippen molar-refractivity contribution in [2.75, 3.05) is 7.11 Å². The molecule has 2 aliphatic rings. The van der Waals surface area contributed by atoms with Crippen molar-refractivity contribution in [3.05, 3.63) is 82.7 Å². The summed E-state index contributed by atoms with van der Waals surface area (Å²) in [5.74, 6) is -2.27. The number of rotatable bonds is 9. The first-order chi connectivity index (χ1) is 19.1. The molecule has 214 valence electrons. The van der Waals surface area contributed by atoms with Crippen LogP contribution < -0.4 is 9.47 Å². The highest BCUT2D eigenvalue weighted by Crippen LogP contribution is 2.51. The number of hydrogen-bond donors (Lipinski definition) is 1. The number of methoxy groups -OCH3 is 1. The fourth-order valence-electron chi connectivity index (χ4n) is 5.27. The Morgan fingerprint density at radius 1 is 0.950 bits per heavy atom. The smallest absolute Gasteiger partial charge is 0.303 e. The van der Waals surface area contributed by atoms with E-state index in [0.717, 1.165) is 24.8 Å². The van der Waals surface area contributed by atoms with Crippen LogP contribution in [0.5, 0.6) is 11.5 Å². The Hall–Kier alpha value is -3.48. The Bertz CT molecular complexity index is 1350. The van der Waals surface area contributed by atoms with Gasteiger partial charge in [-0.3, -0.25) is 4.79 Å². The first-order valence-electron chi connectivity index (χ1n) is 13.9. The Balaban J connectivity index is 0.00000115. The minimum atomic E-state index is -1.03. The van der Waals surface area contributed by atoms with E-state index >= 15 is 4.39 Å². The molecule has 1 atom stereocenters. The molecule has 0 aromatic heterocycles. The summed E-state index contributed by atoms with van der Waals surface area (Å²) in [5.41, 5.74) is 1.95. The molecule has 0 bridgehead atoms. The van der Waals surface area contributed by atoms with Crippen molar-refractivity contribution in [1.82, 2.24) is 0 Å². The molecule has 1 unspecified atom stereocenters. The molecule has 3 aromatic rings. The van der Waals surface area contributed by atoms with Gasteiger partial charge in [0.1, 0.15) is 24.0 Å². The van der Waals surface area contributed by atoms with E-state index in [4.69, 9.17) is 14.6 Å². The summed E-state index contributed by atoms with van der Waals surface area (Å²) >= 11 is 0. The van der Waals surface area contributed by atoms with E-state index in [2.05, 4.69) is 13.8 Å². The van der Waals surface area contributed by atoms with Crippen LogP contribution in [0.15, 0.2) is 48.5 Å². The second-order valence-electron chi connectivity index (χ2n) is 11.3. The summed E-state index contributed by atoms with van der Waals surface area (Å²) in [6, 6.07) is 12.0. The fraction of sp³-hybridized carbons (Fsp3) is 0.424. The number of carbonyl (C=O) groups is 1. The van der Waals surface area contributed by atoms with Crippen LogP contribution in [0.4, 0.5) is 13.2 Å². The highest BCUT2D eigenvalue weighted by molar-refractivity contribution is 5.71. The maximum Gasteiger partial charge on any atom is 0.303 e. The summed E-state index contributed by atoms with van der Waals surface area (Å²) in [7, 11) is 1.49. The molecule has 5 rings (SSSR count). The first kappa shape index (κ1) is 29.5. The Morgan fingerprint density at radius 3 is 2.33 bits per heavy atom. The fourth-order valence-corrected chi connectivity index (χ4v) is 5.27. The van der Waals surface area contributed by atoms with Gasteiger partial charge in [0.25, 0.3) is 0 Å². The van der Waals surface area contributed by atoms with Gasteiger partial charge in [0, 0.05) is 17.5 Å². The minimum Gasteiger partial charge on any atom is -0.497 e. The molecule has 1 N–H and O–H groups in total. The number of carboxylic acid groups (broad SMARTS) is 1. The van der Waals surface area contributed by atoms with Gasteiger partial charge < -0.3 is 14.6 Å². The van der Waals surface area contributed by atoms with Gasteiger partial charge in [0.15, 0.2) is 11.6 Å². The largest absolute Gasteiger partial charge is 0.497 e. The number of carboxylic acids is 1. The quantitative estimate of drug-likeness (QED) is 0.287. The van der Waals surface area contributed by atoms with Crippen molar-refractivity contribution in [2.24, 2.45) is 5.41 Å². The molecule has 3 aromatic carbocycles. The standard InChI is InChI=1S/C30H31F3O4.C3H6/c1-30(2)13-5-7-24(30)22-14-19(17-37-27-8-4-6-18(29(27)33)9-12-28(34)35)26(32)16-21(22)23-15-20(36-3)10-11-25(23)31;1-2-3-1/h4,6,8,10-11,14-16,24H,5,7,9,12-13,17H2,1-3H3,(H,34,35);1-3H2. The van der Waals surface area contributed by atoms with E-state index in [1.807, 2.05) is 0 Å². The third kappa shape index (κ3) is 7.18. The summed E-state index contributed by atoms with van der Waals surface area (Å²) in [5, 5.41) is 8.90. The zero-order valence-electron chi connectivity index (χ0n) is 23.4. The van der Waals surface area contributed by atoms with Crippen LogP contribution in [0, 0.1) is 22.9 Å². The van der Waals surface area contributed by atoms with E-state index in [1.165, 1.54) is 56.7 Å². The van der Waals surface area contributed by atoms with Gasteiger partial charge >= 0.3 is 5.97 Å². The second kappa shape index (κ2) is 12.8. The van der Waals surface area contributed by atoms with Gasteiger partial charge in [-0.2, -0.15) is 0 Å². The molecule has 0 radical (unpaired) electrons. The van der Waals surface area contributed by atoms with Crippen LogP contribution in [0.3, 0.4) is 0 Å². The van der Waals surface area contributed by atoms with Gasteiger partial charge in [-0.1, -0.05) is 51.7 Å². The van der Waals surface area contributed by atoms with Gasteiger partial charge in [0.05, 0.1) is 7.11 Å². The molecular weight excluding hydrogens is 517 g/mol. The normalized spacial score (nSPS) is 17.1. The van der Waals surface area contributed by atoms with Crippen LogP contribution in [-0.4, -0.2) is 18.2 Å². The zero-order chi connectivity index (χ0) is 28.9. The molecule has 0 saturated heterocycles. The second-order valence-corrected chi connectivity index (χ2v) is 11.3. The van der Waals surface area contributed by atoms with Crippen LogP contribution in [0.1, 0.15) is 81.4 Å². The summed E-state index contributed by atoms with van der Waals surface area (Å²) in [6.07, 6.45) is 7.20. The SMILES string of the molecule is C1CC1.COc1ccc(F)c(-c2cc(F)c(COc3cccc(CCC(=O)O)c3F)cc2C2CCCC2(C)C)c1. The monoisotopic (exact) mass is 554 g/mol. The summed E-state index contributed by atoms with van der Waals surface area (Å²) < 4.78 is 56.2. The third-order valence-corrected chi connectivity index (χ3v) is 7.70. The molecule has 0 heterocycles. The van der Waals surface area contributed by atoms with Gasteiger partial charge in [-0.15, -0.1) is 0 Å². The molecule has 2 aliphatic carbocycles. The topological polar surface area (TPSA) is 55.8 Å². The van der Waals surface area contributed by atoms with Crippen molar-refractivity contribution in [3.63, 3.8) is 0 Å². The molecule has 0 spiro atoms.